The summed E-state index contributed by atoms with van der Waals surface area (Å²) in [7, 11) is 0. The number of para-hydroxylation sites is 2. The first-order valence-corrected chi connectivity index (χ1v) is 12.3. The van der Waals surface area contributed by atoms with E-state index in [1.807, 2.05) is 58.3 Å². The van der Waals surface area contributed by atoms with E-state index in [0.717, 1.165) is 49.0 Å². The summed E-state index contributed by atoms with van der Waals surface area (Å²) < 4.78 is 0. The van der Waals surface area contributed by atoms with E-state index in [9.17, 15) is 9.59 Å². The number of anilines is 2. The Balaban J connectivity index is 2.11. The van der Waals surface area contributed by atoms with Gasteiger partial charge in [-0.25, -0.2) is 0 Å². The highest BCUT2D eigenvalue weighted by molar-refractivity contribution is 5.99. The van der Waals surface area contributed by atoms with Gasteiger partial charge in [-0.2, -0.15) is 0 Å². The molecule has 0 spiro atoms. The summed E-state index contributed by atoms with van der Waals surface area (Å²) in [6.07, 6.45) is 4.05. The molecule has 0 saturated carbocycles. The zero-order valence-corrected chi connectivity index (χ0v) is 20.3. The van der Waals surface area contributed by atoms with Gasteiger partial charge in [-0.15, -0.1) is 0 Å². The van der Waals surface area contributed by atoms with Crippen LogP contribution in [0.5, 0.6) is 0 Å². The first kappa shape index (κ1) is 24.0. The molecule has 2 atom stereocenters. The van der Waals surface area contributed by atoms with Crippen LogP contribution in [0.2, 0.25) is 0 Å². The number of amides is 2. The minimum absolute atomic E-state index is 0.0121. The highest BCUT2D eigenvalue weighted by atomic mass is 16.2. The Kier molecular flexibility index (Phi) is 8.11. The van der Waals surface area contributed by atoms with Gasteiger partial charge >= 0.3 is 0 Å². The van der Waals surface area contributed by atoms with Gasteiger partial charge in [0.2, 0.25) is 11.8 Å². The van der Waals surface area contributed by atoms with Crippen molar-refractivity contribution in [2.24, 2.45) is 11.8 Å². The van der Waals surface area contributed by atoms with Crippen molar-refractivity contribution >= 4 is 23.2 Å². The van der Waals surface area contributed by atoms with E-state index in [-0.39, 0.29) is 35.7 Å². The predicted octanol–water partition coefficient (Wildman–Crippen LogP) is 6.76. The van der Waals surface area contributed by atoms with Crippen molar-refractivity contribution in [3.05, 3.63) is 60.2 Å². The van der Waals surface area contributed by atoms with Crippen molar-refractivity contribution in [2.45, 2.75) is 78.8 Å². The number of hydrogen-bond donors (Lipinski definition) is 0. The summed E-state index contributed by atoms with van der Waals surface area (Å²) in [6.45, 7) is 10.5. The maximum Gasteiger partial charge on any atom is 0.230 e. The number of carbonyl (C=O) groups excluding carboxylic acids is 2. The molecule has 3 rings (SSSR count). The molecule has 2 unspecified atom stereocenters. The molecular weight excluding hydrogens is 396 g/mol. The third-order valence-corrected chi connectivity index (χ3v) is 7.05. The van der Waals surface area contributed by atoms with Crippen molar-refractivity contribution in [2.75, 3.05) is 9.80 Å². The summed E-state index contributed by atoms with van der Waals surface area (Å²) in [5.41, 5.74) is 2.94. The molecule has 0 fully saturated rings. The van der Waals surface area contributed by atoms with Gasteiger partial charge in [0.15, 0.2) is 0 Å². The molecule has 0 radical (unpaired) electrons. The fourth-order valence-corrected chi connectivity index (χ4v) is 5.08. The molecule has 0 bridgehead atoms. The second-order valence-corrected chi connectivity index (χ2v) is 8.94. The molecule has 1 aliphatic rings. The number of nitrogens with zero attached hydrogens (tertiary/aromatic N) is 2. The average molecular weight is 435 g/mol. The summed E-state index contributed by atoms with van der Waals surface area (Å²) in [6, 6.07) is 18.1. The van der Waals surface area contributed by atoms with Crippen LogP contribution < -0.4 is 9.80 Å². The highest BCUT2D eigenvalue weighted by Gasteiger charge is 2.40. The Hall–Kier alpha value is -2.62. The van der Waals surface area contributed by atoms with Gasteiger partial charge in [-0.1, -0.05) is 64.1 Å². The smallest absolute Gasteiger partial charge is 0.230 e. The van der Waals surface area contributed by atoms with Crippen LogP contribution in [0.3, 0.4) is 0 Å². The molecular formula is C28H38N2O2. The Morgan fingerprint density at radius 1 is 0.875 bits per heavy atom. The van der Waals surface area contributed by atoms with E-state index in [1.165, 1.54) is 0 Å². The molecule has 0 aliphatic carbocycles. The molecule has 32 heavy (non-hydrogen) atoms. The van der Waals surface area contributed by atoms with Crippen LogP contribution in [-0.2, 0) is 9.59 Å². The van der Waals surface area contributed by atoms with E-state index in [1.54, 1.807) is 0 Å². The van der Waals surface area contributed by atoms with Crippen molar-refractivity contribution in [3.8, 4) is 0 Å². The van der Waals surface area contributed by atoms with Crippen LogP contribution in [0.1, 0.15) is 78.3 Å². The van der Waals surface area contributed by atoms with E-state index in [2.05, 4.69) is 40.7 Å². The van der Waals surface area contributed by atoms with Crippen LogP contribution in [-0.4, -0.2) is 17.9 Å². The van der Waals surface area contributed by atoms with Gasteiger partial charge in [0.05, 0.1) is 6.04 Å². The largest absolute Gasteiger partial charge is 0.309 e. The lowest BCUT2D eigenvalue weighted by atomic mass is 9.87. The molecule has 4 nitrogen and oxygen atoms in total. The Morgan fingerprint density at radius 2 is 1.44 bits per heavy atom. The summed E-state index contributed by atoms with van der Waals surface area (Å²) in [4.78, 5) is 31.2. The van der Waals surface area contributed by atoms with Gasteiger partial charge < -0.3 is 9.80 Å². The Labute approximate surface area is 193 Å². The molecule has 2 amide bonds. The molecule has 1 aliphatic heterocycles. The summed E-state index contributed by atoms with van der Waals surface area (Å²) >= 11 is 0. The molecule has 0 N–H and O–H groups in total. The fourth-order valence-electron chi connectivity index (χ4n) is 5.08. The maximum absolute atomic E-state index is 13.8. The molecule has 0 aromatic heterocycles. The lowest BCUT2D eigenvalue weighted by Crippen LogP contribution is -2.50. The summed E-state index contributed by atoms with van der Waals surface area (Å²) in [5.74, 6) is 0.388. The molecule has 0 saturated heterocycles. The Morgan fingerprint density at radius 3 is 2.03 bits per heavy atom. The molecule has 2 aromatic carbocycles. The zero-order chi connectivity index (χ0) is 23.3. The van der Waals surface area contributed by atoms with Gasteiger partial charge in [-0.05, 0) is 62.8 Å². The normalized spacial score (nSPS) is 18.0. The van der Waals surface area contributed by atoms with Crippen molar-refractivity contribution in [1.29, 1.82) is 0 Å². The van der Waals surface area contributed by atoms with Crippen LogP contribution in [0, 0.1) is 11.8 Å². The van der Waals surface area contributed by atoms with E-state index < -0.39 is 0 Å². The van der Waals surface area contributed by atoms with E-state index >= 15 is 0 Å². The second-order valence-electron chi connectivity index (χ2n) is 8.94. The van der Waals surface area contributed by atoms with Crippen LogP contribution in [0.15, 0.2) is 54.6 Å². The van der Waals surface area contributed by atoms with Crippen LogP contribution in [0.25, 0.3) is 0 Å². The first-order valence-electron chi connectivity index (χ1n) is 12.3. The zero-order valence-electron chi connectivity index (χ0n) is 20.3. The van der Waals surface area contributed by atoms with Crippen LogP contribution in [0.4, 0.5) is 11.4 Å². The van der Waals surface area contributed by atoms with Crippen LogP contribution >= 0.6 is 0 Å². The second kappa shape index (κ2) is 10.8. The highest BCUT2D eigenvalue weighted by Crippen LogP contribution is 2.43. The number of fused-ring (bicyclic) bond motifs is 1. The molecule has 1 heterocycles. The first-order chi connectivity index (χ1) is 15.5. The number of hydrogen-bond acceptors (Lipinski definition) is 2. The predicted molar refractivity (Wildman–Crippen MR) is 133 cm³/mol. The van der Waals surface area contributed by atoms with Gasteiger partial charge in [0.25, 0.3) is 0 Å². The Bertz CT molecular complexity index is 903. The van der Waals surface area contributed by atoms with Crippen molar-refractivity contribution in [1.82, 2.24) is 0 Å². The standard InChI is InChI=1S/C28H38N2O2/c1-6-21(7-2)27(31)29-20(5)19-26(24-17-13-14-18-25(24)29)30(23-15-11-10-12-16-23)28(32)22(8-3)9-4/h10-18,20-22,26H,6-9,19H2,1-5H3. The van der Waals surface area contributed by atoms with E-state index in [4.69, 9.17) is 0 Å². The number of rotatable bonds is 8. The minimum atomic E-state index is -0.0950. The monoisotopic (exact) mass is 434 g/mol. The lowest BCUT2D eigenvalue weighted by Gasteiger charge is -2.45. The lowest BCUT2D eigenvalue weighted by molar-refractivity contribution is -0.123. The minimum Gasteiger partial charge on any atom is -0.309 e. The third kappa shape index (κ3) is 4.60. The third-order valence-electron chi connectivity index (χ3n) is 7.05. The maximum atomic E-state index is 13.8. The average Bonchev–Trinajstić information content (AvgIpc) is 2.81. The van der Waals surface area contributed by atoms with Gasteiger partial charge in [0, 0.05) is 29.3 Å². The number of carbonyl (C=O) groups is 2. The fraction of sp³-hybridized carbons (Fsp3) is 0.500. The SMILES string of the molecule is CCC(CC)C(=O)N1c2ccccc2C(N(C(=O)C(CC)CC)c2ccccc2)CC1C. The topological polar surface area (TPSA) is 40.6 Å². The molecule has 2 aromatic rings. The molecule has 172 valence electrons. The summed E-state index contributed by atoms with van der Waals surface area (Å²) in [5, 5.41) is 0. The van der Waals surface area contributed by atoms with E-state index in [0.29, 0.717) is 0 Å². The van der Waals surface area contributed by atoms with Gasteiger partial charge in [-0.3, -0.25) is 9.59 Å². The quantitative estimate of drug-likeness (QED) is 0.460. The van der Waals surface area contributed by atoms with Crippen molar-refractivity contribution in [3.63, 3.8) is 0 Å². The number of benzene rings is 2. The van der Waals surface area contributed by atoms with Gasteiger partial charge in [0.1, 0.15) is 0 Å². The van der Waals surface area contributed by atoms with Crippen molar-refractivity contribution < 1.29 is 9.59 Å². The molecule has 4 heteroatoms.